The molecule has 0 spiro atoms. The third-order valence-corrected chi connectivity index (χ3v) is 5.13. The number of nitrogens with zero attached hydrogens (tertiary/aromatic N) is 3. The largest absolute Gasteiger partial charge is 0.495 e. The van der Waals surface area contributed by atoms with Gasteiger partial charge in [-0.3, -0.25) is 25.0 Å². The minimum atomic E-state index is -0.789. The topological polar surface area (TPSA) is 167 Å². The lowest BCUT2D eigenvalue weighted by molar-refractivity contribution is -0.385. The molecule has 0 aliphatic rings. The third-order valence-electron chi connectivity index (χ3n) is 5.13. The van der Waals surface area contributed by atoms with E-state index in [0.717, 1.165) is 6.07 Å². The van der Waals surface area contributed by atoms with E-state index in [9.17, 15) is 30.3 Å². The van der Waals surface area contributed by atoms with Gasteiger partial charge in [0, 0.05) is 24.3 Å². The number of hydrogen-bond donors (Lipinski definition) is 1. The number of rotatable bonds is 11. The summed E-state index contributed by atoms with van der Waals surface area (Å²) < 4.78 is 16.6. The number of anilines is 1. The van der Waals surface area contributed by atoms with Gasteiger partial charge in [0.2, 0.25) is 0 Å². The quantitative estimate of drug-likeness (QED) is 0.158. The van der Waals surface area contributed by atoms with E-state index in [1.807, 2.05) is 6.07 Å². The van der Waals surface area contributed by atoms with Crippen molar-refractivity contribution < 1.29 is 28.9 Å². The number of hydrogen-bond acceptors (Lipinski definition) is 9. The number of carbonyl (C=O) groups is 1. The molecule has 0 aliphatic heterocycles. The number of nitrogens with one attached hydrogen (secondary N) is 1. The highest BCUT2D eigenvalue weighted by molar-refractivity contribution is 6.10. The van der Waals surface area contributed by atoms with Crippen LogP contribution in [0.1, 0.15) is 18.1 Å². The Hall–Kier alpha value is -5.44. The molecular formula is C26H22N4O8. The van der Waals surface area contributed by atoms with Crippen LogP contribution in [-0.4, -0.2) is 29.5 Å². The molecule has 194 valence electrons. The number of ether oxygens (including phenoxy) is 3. The number of amides is 1. The monoisotopic (exact) mass is 518 g/mol. The molecule has 3 aromatic rings. The van der Waals surface area contributed by atoms with Gasteiger partial charge in [0.05, 0.1) is 29.3 Å². The summed E-state index contributed by atoms with van der Waals surface area (Å²) in [5, 5.41) is 34.0. The standard InChI is InChI=1S/C26H22N4O8/c1-3-37-25-13-18(6-10-24(25)38-16-17-4-7-20(8-5-17)29(32)33)12-19(15-27)26(31)28-22-14-21(30(34)35)9-11-23(22)36-2/h4-14H,3,16H2,1-2H3,(H,28,31)/b19-12+. The van der Waals surface area contributed by atoms with E-state index in [-0.39, 0.29) is 35.0 Å². The van der Waals surface area contributed by atoms with Crippen LogP contribution in [0, 0.1) is 31.6 Å². The van der Waals surface area contributed by atoms with Crippen molar-refractivity contribution in [2.75, 3.05) is 19.0 Å². The Morgan fingerprint density at radius 3 is 2.21 bits per heavy atom. The van der Waals surface area contributed by atoms with E-state index in [1.165, 1.54) is 37.5 Å². The van der Waals surface area contributed by atoms with E-state index >= 15 is 0 Å². The first-order valence-corrected chi connectivity index (χ1v) is 11.1. The first kappa shape index (κ1) is 27.2. The van der Waals surface area contributed by atoms with Gasteiger partial charge in [-0.15, -0.1) is 0 Å². The summed E-state index contributed by atoms with van der Waals surface area (Å²) in [6.07, 6.45) is 1.34. The van der Waals surface area contributed by atoms with Gasteiger partial charge in [0.1, 0.15) is 24.0 Å². The van der Waals surface area contributed by atoms with Crippen LogP contribution >= 0.6 is 0 Å². The van der Waals surface area contributed by atoms with Gasteiger partial charge in [0.15, 0.2) is 11.5 Å². The van der Waals surface area contributed by atoms with E-state index in [1.54, 1.807) is 37.3 Å². The molecule has 12 heteroatoms. The van der Waals surface area contributed by atoms with Crippen molar-refractivity contribution >= 4 is 29.0 Å². The fourth-order valence-electron chi connectivity index (χ4n) is 3.29. The van der Waals surface area contributed by atoms with Crippen LogP contribution < -0.4 is 19.5 Å². The number of methoxy groups -OCH3 is 1. The number of nitro groups is 2. The zero-order chi connectivity index (χ0) is 27.7. The molecule has 1 amide bonds. The fourth-order valence-corrected chi connectivity index (χ4v) is 3.29. The van der Waals surface area contributed by atoms with Crippen molar-refractivity contribution in [2.45, 2.75) is 13.5 Å². The predicted molar refractivity (Wildman–Crippen MR) is 137 cm³/mol. The van der Waals surface area contributed by atoms with E-state index < -0.39 is 15.8 Å². The second-order valence-corrected chi connectivity index (χ2v) is 7.62. The maximum atomic E-state index is 12.8. The van der Waals surface area contributed by atoms with Crippen molar-refractivity contribution in [3.63, 3.8) is 0 Å². The Kier molecular flexibility index (Phi) is 8.93. The first-order valence-electron chi connectivity index (χ1n) is 11.1. The second-order valence-electron chi connectivity index (χ2n) is 7.62. The lowest BCUT2D eigenvalue weighted by Crippen LogP contribution is -2.14. The zero-order valence-electron chi connectivity index (χ0n) is 20.4. The van der Waals surface area contributed by atoms with Gasteiger partial charge in [-0.2, -0.15) is 5.26 Å². The number of nitriles is 1. The molecule has 0 aliphatic carbocycles. The second kappa shape index (κ2) is 12.5. The molecule has 0 unspecified atom stereocenters. The summed E-state index contributed by atoms with van der Waals surface area (Å²) in [5.41, 5.74) is 0.671. The molecule has 3 rings (SSSR count). The molecule has 0 aromatic heterocycles. The normalized spacial score (nSPS) is 10.7. The molecule has 0 bridgehead atoms. The van der Waals surface area contributed by atoms with Crippen LogP contribution in [0.5, 0.6) is 17.2 Å². The number of non-ortho nitro benzene ring substituents is 2. The molecule has 0 saturated heterocycles. The first-order chi connectivity index (χ1) is 18.2. The van der Waals surface area contributed by atoms with E-state index in [0.29, 0.717) is 29.2 Å². The molecule has 38 heavy (non-hydrogen) atoms. The fraction of sp³-hybridized carbons (Fsp3) is 0.154. The van der Waals surface area contributed by atoms with Crippen LogP contribution in [-0.2, 0) is 11.4 Å². The molecule has 1 N–H and O–H groups in total. The summed E-state index contributed by atoms with van der Waals surface area (Å²) >= 11 is 0. The summed E-state index contributed by atoms with van der Waals surface area (Å²) in [6, 6.07) is 16.3. The zero-order valence-corrected chi connectivity index (χ0v) is 20.4. The third kappa shape index (κ3) is 6.82. The average Bonchev–Trinajstić information content (AvgIpc) is 2.91. The lowest BCUT2D eigenvalue weighted by atomic mass is 10.1. The highest BCUT2D eigenvalue weighted by Gasteiger charge is 2.17. The van der Waals surface area contributed by atoms with Crippen molar-refractivity contribution in [3.8, 4) is 23.3 Å². The van der Waals surface area contributed by atoms with Gasteiger partial charge >= 0.3 is 0 Å². The Balaban J connectivity index is 1.80. The van der Waals surface area contributed by atoms with Gasteiger partial charge in [-0.05, 0) is 54.5 Å². The number of carbonyl (C=O) groups excluding carboxylic acids is 1. The van der Waals surface area contributed by atoms with Crippen molar-refractivity contribution in [2.24, 2.45) is 0 Å². The van der Waals surface area contributed by atoms with Gasteiger partial charge in [-0.25, -0.2) is 0 Å². The summed E-state index contributed by atoms with van der Waals surface area (Å²) in [5.74, 6) is 0.157. The van der Waals surface area contributed by atoms with Crippen LogP contribution in [0.2, 0.25) is 0 Å². The van der Waals surface area contributed by atoms with Gasteiger partial charge in [0.25, 0.3) is 17.3 Å². The maximum Gasteiger partial charge on any atom is 0.271 e. The lowest BCUT2D eigenvalue weighted by Gasteiger charge is -2.13. The average molecular weight is 518 g/mol. The number of nitro benzene ring substituents is 2. The van der Waals surface area contributed by atoms with Gasteiger partial charge in [-0.1, -0.05) is 6.07 Å². The van der Waals surface area contributed by atoms with Crippen molar-refractivity contribution in [3.05, 3.63) is 97.6 Å². The minimum absolute atomic E-state index is 0.0267. The summed E-state index contributed by atoms with van der Waals surface area (Å²) in [6.45, 7) is 2.23. The van der Waals surface area contributed by atoms with Crippen LogP contribution in [0.3, 0.4) is 0 Å². The predicted octanol–water partition coefficient (Wildman–Crippen LogP) is 5.03. The molecule has 12 nitrogen and oxygen atoms in total. The molecule has 0 fully saturated rings. The van der Waals surface area contributed by atoms with Crippen LogP contribution in [0.15, 0.2) is 66.2 Å². The highest BCUT2D eigenvalue weighted by atomic mass is 16.6. The number of benzene rings is 3. The Morgan fingerprint density at radius 2 is 1.61 bits per heavy atom. The molecular weight excluding hydrogens is 496 g/mol. The van der Waals surface area contributed by atoms with Crippen molar-refractivity contribution in [1.29, 1.82) is 5.26 Å². The SMILES string of the molecule is CCOc1cc(/C=C(\C#N)C(=O)Nc2cc([N+](=O)[O-])ccc2OC)ccc1OCc1ccc([N+](=O)[O-])cc1. The Labute approximate surface area is 217 Å². The van der Waals surface area contributed by atoms with E-state index in [4.69, 9.17) is 14.2 Å². The highest BCUT2D eigenvalue weighted by Crippen LogP contribution is 2.31. The van der Waals surface area contributed by atoms with Crippen LogP contribution in [0.4, 0.5) is 17.1 Å². The minimum Gasteiger partial charge on any atom is -0.495 e. The van der Waals surface area contributed by atoms with Crippen LogP contribution in [0.25, 0.3) is 6.08 Å². The summed E-state index contributed by atoms with van der Waals surface area (Å²) in [7, 11) is 1.35. The van der Waals surface area contributed by atoms with Gasteiger partial charge < -0.3 is 19.5 Å². The molecule has 0 atom stereocenters. The molecule has 0 radical (unpaired) electrons. The Morgan fingerprint density at radius 1 is 0.947 bits per heavy atom. The smallest absolute Gasteiger partial charge is 0.271 e. The van der Waals surface area contributed by atoms with Crippen molar-refractivity contribution in [1.82, 2.24) is 0 Å². The Bertz CT molecular complexity index is 1430. The summed E-state index contributed by atoms with van der Waals surface area (Å²) in [4.78, 5) is 33.6. The maximum absolute atomic E-state index is 12.8. The molecule has 0 heterocycles. The molecule has 0 saturated carbocycles. The van der Waals surface area contributed by atoms with E-state index in [2.05, 4.69) is 5.32 Å². The molecule has 3 aromatic carbocycles.